The number of rotatable bonds is 5. The van der Waals surface area contributed by atoms with E-state index in [1.54, 1.807) is 43.5 Å². The number of carbonyl (C=O) groups excluding carboxylic acids is 1. The van der Waals surface area contributed by atoms with Crippen LogP contribution in [0.25, 0.3) is 0 Å². The first kappa shape index (κ1) is 20.7. The first-order valence-electron chi connectivity index (χ1n) is 9.51. The third-order valence-electron chi connectivity index (χ3n) is 5.45. The molecule has 0 spiro atoms. The van der Waals surface area contributed by atoms with E-state index in [-0.39, 0.29) is 32.0 Å². The van der Waals surface area contributed by atoms with Gasteiger partial charge in [0.2, 0.25) is 0 Å². The predicted octanol–water partition coefficient (Wildman–Crippen LogP) is 2.92. The van der Waals surface area contributed by atoms with E-state index < -0.39 is 17.5 Å². The number of anilines is 1. The summed E-state index contributed by atoms with van der Waals surface area (Å²) in [4.78, 5) is 26.5. The molecular formula is C22H26N2O5. The van der Waals surface area contributed by atoms with Crippen molar-refractivity contribution in [1.82, 2.24) is 4.90 Å². The van der Waals surface area contributed by atoms with E-state index in [0.717, 1.165) is 11.1 Å². The van der Waals surface area contributed by atoms with E-state index in [1.807, 2.05) is 19.1 Å². The number of aliphatic carboxylic acids is 1. The van der Waals surface area contributed by atoms with Crippen molar-refractivity contribution in [3.8, 4) is 5.75 Å². The molecule has 1 fully saturated rings. The van der Waals surface area contributed by atoms with Gasteiger partial charge in [0.05, 0.1) is 13.2 Å². The van der Waals surface area contributed by atoms with Crippen LogP contribution >= 0.6 is 0 Å². The molecule has 1 aliphatic heterocycles. The van der Waals surface area contributed by atoms with Crippen LogP contribution in [0.1, 0.15) is 17.5 Å². The van der Waals surface area contributed by atoms with Crippen LogP contribution in [0.5, 0.6) is 5.75 Å². The Balaban J connectivity index is 1.81. The third kappa shape index (κ3) is 4.51. The monoisotopic (exact) mass is 398 g/mol. The summed E-state index contributed by atoms with van der Waals surface area (Å²) in [7, 11) is 1.54. The number of benzene rings is 2. The number of carbonyl (C=O) groups is 2. The number of piperidine rings is 1. The van der Waals surface area contributed by atoms with Gasteiger partial charge in [-0.2, -0.15) is 0 Å². The van der Waals surface area contributed by atoms with Gasteiger partial charge in [0.1, 0.15) is 11.2 Å². The van der Waals surface area contributed by atoms with Crippen molar-refractivity contribution >= 4 is 17.7 Å². The number of hydrogen-bond donors (Lipinski definition) is 3. The maximum Gasteiger partial charge on any atom is 0.321 e. The van der Waals surface area contributed by atoms with E-state index in [1.165, 1.54) is 4.90 Å². The molecule has 2 aromatic carbocycles. The van der Waals surface area contributed by atoms with Gasteiger partial charge in [0.25, 0.3) is 0 Å². The minimum atomic E-state index is -1.49. The Morgan fingerprint density at radius 2 is 1.97 bits per heavy atom. The highest BCUT2D eigenvalue weighted by Gasteiger charge is 2.50. The summed E-state index contributed by atoms with van der Waals surface area (Å²) in [6.07, 6.45) is -0.776. The summed E-state index contributed by atoms with van der Waals surface area (Å²) in [5.41, 5.74) is 0.953. The summed E-state index contributed by atoms with van der Waals surface area (Å²) in [5.74, 6) is -0.511. The van der Waals surface area contributed by atoms with Crippen LogP contribution in [0.4, 0.5) is 10.5 Å². The van der Waals surface area contributed by atoms with Gasteiger partial charge in [-0.1, -0.05) is 29.8 Å². The van der Waals surface area contributed by atoms with E-state index in [0.29, 0.717) is 11.4 Å². The normalized spacial score (nSPS) is 21.5. The maximum atomic E-state index is 12.7. The maximum absolute atomic E-state index is 12.7. The van der Waals surface area contributed by atoms with Crippen LogP contribution < -0.4 is 10.1 Å². The van der Waals surface area contributed by atoms with Gasteiger partial charge in [-0.3, -0.25) is 4.79 Å². The number of nitrogens with zero attached hydrogens (tertiary/aromatic N) is 1. The molecule has 0 aliphatic carbocycles. The first-order valence-corrected chi connectivity index (χ1v) is 9.51. The summed E-state index contributed by atoms with van der Waals surface area (Å²) in [6.45, 7) is 2.15. The summed E-state index contributed by atoms with van der Waals surface area (Å²) in [5, 5.41) is 23.4. The number of carboxylic acid groups (broad SMARTS) is 1. The molecule has 0 saturated carbocycles. The molecule has 3 N–H and O–H groups in total. The van der Waals surface area contributed by atoms with E-state index in [2.05, 4.69) is 5.32 Å². The van der Waals surface area contributed by atoms with Crippen molar-refractivity contribution in [1.29, 1.82) is 0 Å². The van der Waals surface area contributed by atoms with Crippen LogP contribution in [0.3, 0.4) is 0 Å². The van der Waals surface area contributed by atoms with E-state index >= 15 is 0 Å². The number of amides is 2. The SMILES string of the molecule is COc1cccc(C[C@@]2(C(=O)O)CN(C(=O)Nc3ccc(C)cc3)CC[C@@H]2O)c1. The zero-order valence-corrected chi connectivity index (χ0v) is 16.6. The quantitative estimate of drug-likeness (QED) is 0.719. The Morgan fingerprint density at radius 1 is 1.24 bits per heavy atom. The largest absolute Gasteiger partial charge is 0.497 e. The Kier molecular flexibility index (Phi) is 6.08. The van der Waals surface area contributed by atoms with Gasteiger partial charge in [-0.05, 0) is 49.6 Å². The summed E-state index contributed by atoms with van der Waals surface area (Å²) in [6, 6.07) is 14.1. The molecule has 154 valence electrons. The zero-order chi connectivity index (χ0) is 21.0. The van der Waals surface area contributed by atoms with E-state index in [9.17, 15) is 19.8 Å². The molecule has 2 atom stereocenters. The van der Waals surface area contributed by atoms with Gasteiger partial charge in [-0.25, -0.2) is 4.79 Å². The fourth-order valence-electron chi connectivity index (χ4n) is 3.70. The molecule has 0 unspecified atom stereocenters. The Hall–Kier alpha value is -3.06. The van der Waals surface area contributed by atoms with Crippen LogP contribution in [0.15, 0.2) is 48.5 Å². The fraction of sp³-hybridized carbons (Fsp3) is 0.364. The molecule has 1 heterocycles. The van der Waals surface area contributed by atoms with Crippen molar-refractivity contribution in [3.63, 3.8) is 0 Å². The highest BCUT2D eigenvalue weighted by Crippen LogP contribution is 2.35. The highest BCUT2D eigenvalue weighted by molar-refractivity contribution is 5.90. The summed E-state index contributed by atoms with van der Waals surface area (Å²) >= 11 is 0. The Labute approximate surface area is 169 Å². The van der Waals surface area contributed by atoms with Crippen LogP contribution in [0.2, 0.25) is 0 Å². The van der Waals surface area contributed by atoms with Gasteiger partial charge < -0.3 is 25.2 Å². The first-order chi connectivity index (χ1) is 13.8. The van der Waals surface area contributed by atoms with Gasteiger partial charge in [-0.15, -0.1) is 0 Å². The number of aliphatic hydroxyl groups excluding tert-OH is 1. The van der Waals surface area contributed by atoms with Crippen LogP contribution in [0, 0.1) is 12.3 Å². The van der Waals surface area contributed by atoms with Crippen molar-refractivity contribution in [2.75, 3.05) is 25.5 Å². The smallest absolute Gasteiger partial charge is 0.321 e. The Morgan fingerprint density at radius 3 is 2.62 bits per heavy atom. The third-order valence-corrected chi connectivity index (χ3v) is 5.45. The lowest BCUT2D eigenvalue weighted by atomic mass is 9.73. The van der Waals surface area contributed by atoms with Crippen LogP contribution in [-0.4, -0.2) is 53.4 Å². The molecule has 3 rings (SSSR count). The topological polar surface area (TPSA) is 99.1 Å². The molecule has 7 nitrogen and oxygen atoms in total. The second kappa shape index (κ2) is 8.53. The number of aryl methyl sites for hydroxylation is 1. The van der Waals surface area contributed by atoms with Crippen molar-refractivity contribution in [2.45, 2.75) is 25.9 Å². The summed E-state index contributed by atoms with van der Waals surface area (Å²) < 4.78 is 5.21. The predicted molar refractivity (Wildman–Crippen MR) is 109 cm³/mol. The standard InChI is InChI=1S/C22H26N2O5/c1-15-6-8-17(9-7-15)23-21(28)24-11-10-19(25)22(14-24,20(26)27)13-16-4-3-5-18(12-16)29-2/h3-9,12,19,25H,10-11,13-14H2,1-2H3,(H,23,28)(H,26,27)/t19-,22+/m0/s1. The molecule has 7 heteroatoms. The average molecular weight is 398 g/mol. The molecule has 0 radical (unpaired) electrons. The molecule has 0 aromatic heterocycles. The molecule has 1 aliphatic rings. The number of likely N-dealkylation sites (tertiary alicyclic amines) is 1. The van der Waals surface area contributed by atoms with E-state index in [4.69, 9.17) is 4.74 Å². The molecule has 1 saturated heterocycles. The number of ether oxygens (including phenoxy) is 1. The van der Waals surface area contributed by atoms with Gasteiger partial charge in [0.15, 0.2) is 0 Å². The second-order valence-corrected chi connectivity index (χ2v) is 7.51. The van der Waals surface area contributed by atoms with Crippen molar-refractivity contribution in [2.24, 2.45) is 5.41 Å². The lowest BCUT2D eigenvalue weighted by molar-refractivity contribution is -0.161. The molecule has 0 bridgehead atoms. The number of urea groups is 1. The minimum Gasteiger partial charge on any atom is -0.497 e. The second-order valence-electron chi connectivity index (χ2n) is 7.51. The number of nitrogens with one attached hydrogen (secondary N) is 1. The Bertz CT molecular complexity index is 883. The average Bonchev–Trinajstić information content (AvgIpc) is 2.71. The number of hydrogen-bond acceptors (Lipinski definition) is 4. The van der Waals surface area contributed by atoms with Crippen molar-refractivity contribution in [3.05, 3.63) is 59.7 Å². The lowest BCUT2D eigenvalue weighted by Gasteiger charge is -2.43. The molecule has 2 aromatic rings. The molecular weight excluding hydrogens is 372 g/mol. The zero-order valence-electron chi connectivity index (χ0n) is 16.6. The highest BCUT2D eigenvalue weighted by atomic mass is 16.5. The van der Waals surface area contributed by atoms with Crippen LogP contribution in [-0.2, 0) is 11.2 Å². The lowest BCUT2D eigenvalue weighted by Crippen LogP contribution is -2.59. The number of aliphatic hydroxyl groups is 1. The van der Waals surface area contributed by atoms with Crippen molar-refractivity contribution < 1.29 is 24.5 Å². The molecule has 29 heavy (non-hydrogen) atoms. The van der Waals surface area contributed by atoms with Gasteiger partial charge >= 0.3 is 12.0 Å². The number of methoxy groups -OCH3 is 1. The fourth-order valence-corrected chi connectivity index (χ4v) is 3.70. The minimum absolute atomic E-state index is 0.0849. The number of carboxylic acids is 1. The molecule has 2 amide bonds. The van der Waals surface area contributed by atoms with Gasteiger partial charge in [0, 0.05) is 18.8 Å².